The molecule has 44 heavy (non-hydrogen) atoms. The van der Waals surface area contributed by atoms with Gasteiger partial charge in [0.1, 0.15) is 0 Å². The number of aromatic amines is 1. The summed E-state index contributed by atoms with van der Waals surface area (Å²) in [6, 6.07) is 0. The predicted molar refractivity (Wildman–Crippen MR) is 181 cm³/mol. The van der Waals surface area contributed by atoms with Crippen molar-refractivity contribution < 1.29 is 66.3 Å². The third-order valence-corrected chi connectivity index (χ3v) is 12.0. The number of nitrogens with zero attached hydrogens (tertiary/aromatic N) is 5. The Bertz CT molecular complexity index is 947. The van der Waals surface area contributed by atoms with Crippen LogP contribution in [0.2, 0.25) is 0 Å². The van der Waals surface area contributed by atoms with Gasteiger partial charge in [-0.15, -0.1) is 39.1 Å². The minimum Gasteiger partial charge on any atom is -0.381 e. The van der Waals surface area contributed by atoms with Crippen LogP contribution in [0.15, 0.2) is 0 Å². The summed E-state index contributed by atoms with van der Waals surface area (Å²) in [6.45, 7) is 15.7. The zero-order valence-electron chi connectivity index (χ0n) is 26.8. The van der Waals surface area contributed by atoms with Crippen molar-refractivity contribution in [2.24, 2.45) is 10.3 Å². The summed E-state index contributed by atoms with van der Waals surface area (Å²) >= 11 is 0. The molecule has 2 rings (SSSR count). The molecule has 0 atom stereocenters. The summed E-state index contributed by atoms with van der Waals surface area (Å²) in [5.41, 5.74) is 14.0. The van der Waals surface area contributed by atoms with E-state index < -0.39 is 20.0 Å². The van der Waals surface area contributed by atoms with Gasteiger partial charge in [-0.25, -0.2) is 27.1 Å². The van der Waals surface area contributed by atoms with Gasteiger partial charge < -0.3 is 32.2 Å². The molecule has 1 aliphatic rings. The maximum atomic E-state index is 10.4. The molecule has 0 unspecified atom stereocenters. The Balaban J connectivity index is -0.0000000762. The van der Waals surface area contributed by atoms with E-state index in [1.165, 1.54) is 54.7 Å². The first-order chi connectivity index (χ1) is 19.2. The second-order valence-corrected chi connectivity index (χ2v) is 17.9. The van der Waals surface area contributed by atoms with Gasteiger partial charge in [-0.2, -0.15) is 0 Å². The van der Waals surface area contributed by atoms with Crippen LogP contribution in [0.4, 0.5) is 0 Å². The molecule has 1 fully saturated rings. The topological polar surface area (TPSA) is 230 Å². The summed E-state index contributed by atoms with van der Waals surface area (Å²) in [5.74, 6) is 1.93. The monoisotopic (exact) mass is 1060 g/mol. The number of nitrogens with two attached hydrogens (primary N) is 2. The number of sulfonamides is 2. The van der Waals surface area contributed by atoms with Crippen LogP contribution in [0.5, 0.6) is 0 Å². The van der Waals surface area contributed by atoms with Gasteiger partial charge in [-0.05, 0) is 56.2 Å². The minimum atomic E-state index is -3.40. The van der Waals surface area contributed by atoms with Gasteiger partial charge >= 0.3 is 44.8 Å². The van der Waals surface area contributed by atoms with Crippen molar-refractivity contribution in [2.45, 2.75) is 67.2 Å². The zero-order chi connectivity index (χ0) is 32.6. The summed E-state index contributed by atoms with van der Waals surface area (Å²) in [6.07, 6.45) is 18.8. The van der Waals surface area contributed by atoms with E-state index in [0.29, 0.717) is 21.5 Å². The van der Waals surface area contributed by atoms with E-state index in [1.807, 2.05) is 0 Å². The van der Waals surface area contributed by atoms with Gasteiger partial charge in [0, 0.05) is 28.0 Å². The molecule has 1 aromatic rings. The molecule has 20 heteroatoms. The quantitative estimate of drug-likeness (QED) is 0.0559. The van der Waals surface area contributed by atoms with Crippen LogP contribution in [0.3, 0.4) is 0 Å². The van der Waals surface area contributed by atoms with E-state index in [4.69, 9.17) is 27.4 Å². The van der Waals surface area contributed by atoms with Crippen molar-refractivity contribution in [3.05, 3.63) is 27.9 Å². The molecule has 5 N–H and O–H groups in total. The summed E-state index contributed by atoms with van der Waals surface area (Å²) in [5, 5.41) is 18.5. The third-order valence-electron chi connectivity index (χ3n) is 5.10. The Kier molecular flexibility index (Phi) is 58.5. The molecule has 1 aromatic heterocycles. The SMILES string of the molecule is C#CCCS(N)(=O)=O.C1CCOC1.CCP(CC)CC.CCP(CC)CC.NS(=O)(=O)CCc1[c-]nn[nH]1.[Au+].[Au+].[B].[N-]=[N+]=[N-]. The van der Waals surface area contributed by atoms with E-state index in [1.54, 1.807) is 0 Å². The average molecular weight is 1060 g/mol. The van der Waals surface area contributed by atoms with Crippen LogP contribution in [-0.4, -0.2) is 102 Å². The Morgan fingerprint density at radius 2 is 1.25 bits per heavy atom. The first-order valence-electron chi connectivity index (χ1n) is 13.5. The van der Waals surface area contributed by atoms with Crippen LogP contribution in [0, 0.1) is 18.5 Å². The molecule has 0 amide bonds. The smallest absolute Gasteiger partial charge is 0.381 e. The van der Waals surface area contributed by atoms with E-state index in [2.05, 4.69) is 74.2 Å². The molecule has 0 aliphatic carbocycles. The molecule has 3 radical (unpaired) electrons. The fraction of sp³-hybridized carbons (Fsp3) is 0.833. The maximum absolute atomic E-state index is 10.4. The summed E-state index contributed by atoms with van der Waals surface area (Å²) in [7, 11) is -5.83. The van der Waals surface area contributed by atoms with Gasteiger partial charge in [-0.3, -0.25) is 4.91 Å². The fourth-order valence-electron chi connectivity index (χ4n) is 2.60. The Morgan fingerprint density at radius 1 is 0.886 bits per heavy atom. The molecule has 0 bridgehead atoms. The number of aryl methyl sites for hydroxylation is 1. The van der Waals surface area contributed by atoms with Crippen LogP contribution in [0.25, 0.3) is 16.0 Å². The normalized spacial score (nSPS) is 11.0. The van der Waals surface area contributed by atoms with Crippen molar-refractivity contribution in [3.8, 4) is 12.3 Å². The molecule has 265 valence electrons. The van der Waals surface area contributed by atoms with E-state index in [9.17, 15) is 16.8 Å². The second-order valence-electron chi connectivity index (χ2n) is 7.99. The second kappa shape index (κ2) is 43.2. The standard InChI is InChI=1S/2C6H15P.C4H7N4O2S.C4H7NO2S.C4H8O.2Au.B.N3/c2*1-4-7(5-2)6-3;5-11(9,10)2-1-4-3-6-8-7-4;1-2-3-4-8(5,6)7;1-2-4-5-3-1;;;;1-3-2/h2*4-6H2,1-3H3;1-2H2,(H2,5,9,10)(H,6,7,8);1H,3-4H2,(H2,5,6,7);1-4H2;;;;/q;;-1;;;2*+1;;-1. The van der Waals surface area contributed by atoms with Gasteiger partial charge in [0.15, 0.2) is 0 Å². The van der Waals surface area contributed by atoms with Crippen molar-refractivity contribution in [1.29, 1.82) is 0 Å². The molecule has 1 saturated heterocycles. The Labute approximate surface area is 303 Å². The molecule has 1 aliphatic heterocycles. The molecule has 0 saturated carbocycles. The van der Waals surface area contributed by atoms with Gasteiger partial charge in [-0.1, -0.05) is 41.5 Å². The molecule has 2 heterocycles. The van der Waals surface area contributed by atoms with Crippen molar-refractivity contribution in [3.63, 3.8) is 0 Å². The minimum absolute atomic E-state index is 0. The number of H-pyrrole nitrogens is 1. The number of nitrogens with one attached hydrogen (secondary N) is 1. The van der Waals surface area contributed by atoms with Crippen molar-refractivity contribution >= 4 is 44.3 Å². The largest absolute Gasteiger partial charge is 1.00 e. The number of hydrogen-bond donors (Lipinski definition) is 3. The fourth-order valence-corrected chi connectivity index (χ4v) is 6.18. The average Bonchev–Trinajstić information content (AvgIpc) is 3.67. The van der Waals surface area contributed by atoms with Crippen LogP contribution >= 0.6 is 15.8 Å². The number of ether oxygens (including phenoxy) is 1. The molecular formula is C24H52Au2BN8O5P2S2. The molecular weight excluding hydrogens is 1010 g/mol. The van der Waals surface area contributed by atoms with E-state index >= 15 is 0 Å². The maximum Gasteiger partial charge on any atom is 1.00 e. The van der Waals surface area contributed by atoms with E-state index in [0.717, 1.165) is 13.2 Å². The predicted octanol–water partition coefficient (Wildman–Crippen LogP) is 4.07. The van der Waals surface area contributed by atoms with Crippen LogP contribution in [-0.2, 0) is 76.0 Å². The number of terminal acetylenes is 1. The molecule has 13 nitrogen and oxygen atoms in total. The number of rotatable bonds is 11. The Hall–Kier alpha value is 0.195. The van der Waals surface area contributed by atoms with Gasteiger partial charge in [0.05, 0.1) is 11.5 Å². The molecule has 0 spiro atoms. The van der Waals surface area contributed by atoms with E-state index in [-0.39, 0.29) is 77.5 Å². The van der Waals surface area contributed by atoms with Crippen LogP contribution in [0.1, 0.15) is 66.5 Å². The van der Waals surface area contributed by atoms with Crippen LogP contribution < -0.4 is 10.3 Å². The Morgan fingerprint density at radius 3 is 1.41 bits per heavy atom. The first-order valence-corrected chi connectivity index (χ1v) is 20.7. The third kappa shape index (κ3) is 57.8. The van der Waals surface area contributed by atoms with Crippen molar-refractivity contribution in [2.75, 3.05) is 61.7 Å². The number of hydrogen-bond acceptors (Lipinski definition) is 7. The number of primary sulfonamides is 2. The number of aromatic nitrogens is 3. The van der Waals surface area contributed by atoms with Gasteiger partial charge in [0.25, 0.3) is 0 Å². The molecule has 0 aromatic carbocycles. The van der Waals surface area contributed by atoms with Crippen molar-refractivity contribution in [1.82, 2.24) is 15.4 Å². The first kappa shape index (κ1) is 59.6. The van der Waals surface area contributed by atoms with Gasteiger partial charge in [0.2, 0.25) is 20.0 Å². The zero-order valence-corrected chi connectivity index (χ0v) is 34.6. The summed E-state index contributed by atoms with van der Waals surface area (Å²) < 4.78 is 46.0. The summed E-state index contributed by atoms with van der Waals surface area (Å²) in [4.78, 5) is 1.50.